The highest BCUT2D eigenvalue weighted by molar-refractivity contribution is 9.10. The number of anilines is 1. The summed E-state index contributed by atoms with van der Waals surface area (Å²) in [6.07, 6.45) is 0. The number of rotatable bonds is 1. The Kier molecular flexibility index (Phi) is 3.20. The zero-order chi connectivity index (χ0) is 13.5. The minimum atomic E-state index is -0.605. The molecule has 0 aliphatic carbocycles. The molecule has 2 heterocycles. The number of hydrogen-bond donors (Lipinski definition) is 1. The van der Waals surface area contributed by atoms with Crippen LogP contribution in [0, 0.1) is 0 Å². The van der Waals surface area contributed by atoms with Gasteiger partial charge in [0.1, 0.15) is 12.2 Å². The fraction of sp³-hybridized carbons (Fsp3) is 0.214. The van der Waals surface area contributed by atoms with Crippen LogP contribution in [0.5, 0.6) is 0 Å². The van der Waals surface area contributed by atoms with Crippen molar-refractivity contribution < 1.29 is 9.53 Å². The zero-order valence-electron chi connectivity index (χ0n) is 10.3. The highest BCUT2D eigenvalue weighted by atomic mass is 79.9. The normalized spacial score (nSPS) is 22.5. The first-order valence-electron chi connectivity index (χ1n) is 5.87. The summed E-state index contributed by atoms with van der Waals surface area (Å²) in [6, 6.07) is 9.84. The molecular weight excluding hydrogens is 326 g/mol. The van der Waals surface area contributed by atoms with Gasteiger partial charge in [0, 0.05) is 20.6 Å². The van der Waals surface area contributed by atoms with Crippen molar-refractivity contribution in [1.82, 2.24) is 0 Å². The lowest BCUT2D eigenvalue weighted by atomic mass is 9.92. The number of thiophene rings is 1. The van der Waals surface area contributed by atoms with Gasteiger partial charge in [-0.25, -0.2) is 0 Å². The topological polar surface area (TPSA) is 38.3 Å². The van der Waals surface area contributed by atoms with Crippen molar-refractivity contribution >= 4 is 38.9 Å². The molecule has 0 radical (unpaired) electrons. The molecule has 1 aliphatic heterocycles. The van der Waals surface area contributed by atoms with E-state index in [0.29, 0.717) is 0 Å². The first-order valence-corrected chi connectivity index (χ1v) is 7.55. The van der Waals surface area contributed by atoms with E-state index in [0.717, 1.165) is 20.6 Å². The number of ether oxygens (including phenoxy) is 1. The predicted octanol–water partition coefficient (Wildman–Crippen LogP) is 3.74. The van der Waals surface area contributed by atoms with E-state index in [1.54, 1.807) is 11.3 Å². The minimum absolute atomic E-state index is 0.0562. The third kappa shape index (κ3) is 2.22. The van der Waals surface area contributed by atoms with Crippen LogP contribution in [0.25, 0.3) is 0 Å². The summed E-state index contributed by atoms with van der Waals surface area (Å²) in [5.74, 6) is -0.121. The van der Waals surface area contributed by atoms with Crippen LogP contribution in [0.4, 0.5) is 5.69 Å². The van der Waals surface area contributed by atoms with E-state index < -0.39 is 5.60 Å². The number of carbonyl (C=O) groups excluding carboxylic acids is 1. The molecule has 1 aromatic heterocycles. The summed E-state index contributed by atoms with van der Waals surface area (Å²) in [5.41, 5.74) is 1.17. The molecule has 2 aromatic rings. The van der Waals surface area contributed by atoms with Gasteiger partial charge in [0.25, 0.3) is 0 Å². The lowest BCUT2D eigenvalue weighted by Crippen LogP contribution is -2.27. The molecule has 5 heteroatoms. The summed E-state index contributed by atoms with van der Waals surface area (Å²) < 4.78 is 6.87. The van der Waals surface area contributed by atoms with Gasteiger partial charge in [-0.1, -0.05) is 22.0 Å². The Labute approximate surface area is 123 Å². The highest BCUT2D eigenvalue weighted by Crippen LogP contribution is 2.42. The molecule has 0 bridgehead atoms. The van der Waals surface area contributed by atoms with Crippen LogP contribution in [0.1, 0.15) is 17.4 Å². The van der Waals surface area contributed by atoms with E-state index in [4.69, 9.17) is 4.74 Å². The molecule has 1 N–H and O–H groups in total. The minimum Gasteiger partial charge on any atom is -0.355 e. The fourth-order valence-electron chi connectivity index (χ4n) is 2.25. The first kappa shape index (κ1) is 12.8. The average molecular weight is 338 g/mol. The van der Waals surface area contributed by atoms with Crippen molar-refractivity contribution in [3.8, 4) is 0 Å². The molecule has 0 fully saturated rings. The molecule has 1 aliphatic rings. The summed E-state index contributed by atoms with van der Waals surface area (Å²) in [7, 11) is 0. The standard InChI is InChI=1S/C14H12BrNO2S/c1-14(12-3-2-6-19-12)10-7-9(15)4-5-11(10)16-13(17)8-18-14/h2-7H,8H2,1H3,(H,16,17). The number of nitrogens with one attached hydrogen (secondary N) is 1. The third-order valence-corrected chi connectivity index (χ3v) is 4.82. The Bertz CT molecular complexity index is 626. The number of benzene rings is 1. The van der Waals surface area contributed by atoms with Crippen molar-refractivity contribution in [1.29, 1.82) is 0 Å². The Morgan fingerprint density at radius 2 is 2.26 bits per heavy atom. The van der Waals surface area contributed by atoms with Crippen molar-refractivity contribution in [2.24, 2.45) is 0 Å². The molecule has 3 nitrogen and oxygen atoms in total. The van der Waals surface area contributed by atoms with Crippen LogP contribution in [0.15, 0.2) is 40.2 Å². The maximum atomic E-state index is 11.7. The molecule has 1 amide bonds. The predicted molar refractivity (Wildman–Crippen MR) is 79.5 cm³/mol. The third-order valence-electron chi connectivity index (χ3n) is 3.25. The van der Waals surface area contributed by atoms with E-state index >= 15 is 0 Å². The maximum Gasteiger partial charge on any atom is 0.250 e. The number of halogens is 1. The van der Waals surface area contributed by atoms with Gasteiger partial charge in [-0.15, -0.1) is 11.3 Å². The van der Waals surface area contributed by atoms with Gasteiger partial charge < -0.3 is 10.1 Å². The van der Waals surface area contributed by atoms with Crippen LogP contribution >= 0.6 is 27.3 Å². The van der Waals surface area contributed by atoms with Crippen LogP contribution in [0.2, 0.25) is 0 Å². The van der Waals surface area contributed by atoms with Crippen molar-refractivity contribution in [2.75, 3.05) is 11.9 Å². The lowest BCUT2D eigenvalue weighted by Gasteiger charge is -2.28. The van der Waals surface area contributed by atoms with Gasteiger partial charge in [0.05, 0.1) is 0 Å². The smallest absolute Gasteiger partial charge is 0.250 e. The van der Waals surface area contributed by atoms with Gasteiger partial charge in [-0.3, -0.25) is 4.79 Å². The van der Waals surface area contributed by atoms with Gasteiger partial charge in [0.15, 0.2) is 0 Å². The quantitative estimate of drug-likeness (QED) is 0.860. The molecule has 1 atom stereocenters. The molecule has 0 saturated carbocycles. The van der Waals surface area contributed by atoms with Crippen molar-refractivity contribution in [2.45, 2.75) is 12.5 Å². The number of amides is 1. The van der Waals surface area contributed by atoms with Gasteiger partial charge in [0.2, 0.25) is 5.91 Å². The van der Waals surface area contributed by atoms with Gasteiger partial charge in [-0.05, 0) is 36.6 Å². The summed E-state index contributed by atoms with van der Waals surface area (Å²) in [4.78, 5) is 12.8. The van der Waals surface area contributed by atoms with Crippen LogP contribution in [0.3, 0.4) is 0 Å². The largest absolute Gasteiger partial charge is 0.355 e. The molecule has 1 unspecified atom stereocenters. The zero-order valence-corrected chi connectivity index (χ0v) is 12.7. The van der Waals surface area contributed by atoms with Gasteiger partial charge in [-0.2, -0.15) is 0 Å². The summed E-state index contributed by atoms with van der Waals surface area (Å²) in [5, 5.41) is 4.90. The second kappa shape index (κ2) is 4.74. The van der Waals surface area contributed by atoms with E-state index in [-0.39, 0.29) is 12.5 Å². The van der Waals surface area contributed by atoms with Crippen molar-refractivity contribution in [3.05, 3.63) is 50.6 Å². The second-order valence-electron chi connectivity index (χ2n) is 4.54. The molecular formula is C14H12BrNO2S. The summed E-state index contributed by atoms with van der Waals surface area (Å²) >= 11 is 5.11. The highest BCUT2D eigenvalue weighted by Gasteiger charge is 2.36. The molecule has 0 spiro atoms. The van der Waals surface area contributed by atoms with E-state index in [9.17, 15) is 4.79 Å². The second-order valence-corrected chi connectivity index (χ2v) is 6.40. The molecule has 19 heavy (non-hydrogen) atoms. The Morgan fingerprint density at radius 3 is 3.00 bits per heavy atom. The number of hydrogen-bond acceptors (Lipinski definition) is 3. The van der Waals surface area contributed by atoms with Crippen LogP contribution < -0.4 is 5.32 Å². The number of fused-ring (bicyclic) bond motifs is 1. The Morgan fingerprint density at radius 1 is 1.42 bits per heavy atom. The van der Waals surface area contributed by atoms with Gasteiger partial charge >= 0.3 is 0 Å². The number of carbonyl (C=O) groups is 1. The monoisotopic (exact) mass is 337 g/mol. The first-order chi connectivity index (χ1) is 9.09. The van der Waals surface area contributed by atoms with E-state index in [1.165, 1.54) is 0 Å². The molecule has 0 saturated heterocycles. The summed E-state index contributed by atoms with van der Waals surface area (Å²) in [6.45, 7) is 2.06. The lowest BCUT2D eigenvalue weighted by molar-refractivity contribution is -0.124. The SMILES string of the molecule is CC1(c2cccs2)OCC(=O)Nc2ccc(Br)cc21. The Hall–Kier alpha value is -1.17. The van der Waals surface area contributed by atoms with E-state index in [2.05, 4.69) is 21.2 Å². The molecule has 98 valence electrons. The maximum absolute atomic E-state index is 11.7. The van der Waals surface area contributed by atoms with E-state index in [1.807, 2.05) is 42.6 Å². The molecule has 3 rings (SSSR count). The van der Waals surface area contributed by atoms with Crippen LogP contribution in [-0.4, -0.2) is 12.5 Å². The Balaban J connectivity index is 2.21. The average Bonchev–Trinajstić information content (AvgIpc) is 2.89. The van der Waals surface area contributed by atoms with Crippen molar-refractivity contribution in [3.63, 3.8) is 0 Å². The molecule has 1 aromatic carbocycles. The van der Waals surface area contributed by atoms with Crippen LogP contribution in [-0.2, 0) is 15.1 Å². The fourth-order valence-corrected chi connectivity index (χ4v) is 3.46.